The predicted octanol–water partition coefficient (Wildman–Crippen LogP) is 3.59. The van der Waals surface area contributed by atoms with Gasteiger partial charge in [0.05, 0.1) is 0 Å². The molecule has 0 aliphatic heterocycles. The Balaban J connectivity index is 1.75. The third kappa shape index (κ3) is 3.80. The molecule has 1 aliphatic carbocycles. The fourth-order valence-electron chi connectivity index (χ4n) is 2.46. The third-order valence-corrected chi connectivity index (χ3v) is 4.14. The Labute approximate surface area is 130 Å². The van der Waals surface area contributed by atoms with E-state index in [2.05, 4.69) is 29.1 Å². The number of hydrogen-bond acceptors (Lipinski definition) is 3. The van der Waals surface area contributed by atoms with Crippen LogP contribution in [0.2, 0.25) is 5.02 Å². The molecule has 0 amide bonds. The van der Waals surface area contributed by atoms with Crippen LogP contribution in [-0.2, 0) is 13.0 Å². The minimum atomic E-state index is 0.706. The largest absolute Gasteiger partial charge is 0.310 e. The second-order valence-electron chi connectivity index (χ2n) is 5.75. The lowest BCUT2D eigenvalue weighted by atomic mass is 10.1. The van der Waals surface area contributed by atoms with Crippen molar-refractivity contribution in [2.24, 2.45) is 0 Å². The molecule has 0 radical (unpaired) electrons. The van der Waals surface area contributed by atoms with Crippen molar-refractivity contribution in [1.82, 2.24) is 15.3 Å². The highest BCUT2D eigenvalue weighted by Gasteiger charge is 2.21. The molecule has 0 bridgehead atoms. The van der Waals surface area contributed by atoms with Crippen LogP contribution in [0.5, 0.6) is 0 Å². The summed E-state index contributed by atoms with van der Waals surface area (Å²) in [6, 6.07) is 8.57. The third-order valence-electron chi connectivity index (χ3n) is 3.89. The fourth-order valence-corrected chi connectivity index (χ4v) is 2.59. The van der Waals surface area contributed by atoms with Gasteiger partial charge in [-0.15, -0.1) is 0 Å². The molecule has 1 aromatic carbocycles. The van der Waals surface area contributed by atoms with Gasteiger partial charge in [-0.25, -0.2) is 9.97 Å². The molecule has 3 nitrogen and oxygen atoms in total. The van der Waals surface area contributed by atoms with Gasteiger partial charge < -0.3 is 5.32 Å². The zero-order valence-electron chi connectivity index (χ0n) is 12.5. The topological polar surface area (TPSA) is 37.8 Å². The van der Waals surface area contributed by atoms with Crippen LogP contribution in [0, 0.1) is 13.8 Å². The standard InChI is InChI=1S/C17H20ClN3/c1-11-16(10-19-15-7-8-15)12(2)21-17(20-11)9-13-3-5-14(18)6-4-13/h3-6,15,19H,7-10H2,1-2H3. The van der Waals surface area contributed by atoms with E-state index < -0.39 is 0 Å². The summed E-state index contributed by atoms with van der Waals surface area (Å²) in [4.78, 5) is 9.33. The lowest BCUT2D eigenvalue weighted by molar-refractivity contribution is 0.672. The van der Waals surface area contributed by atoms with Crippen LogP contribution < -0.4 is 5.32 Å². The SMILES string of the molecule is Cc1nc(Cc2ccc(Cl)cc2)nc(C)c1CNC1CC1. The normalized spacial score (nSPS) is 14.4. The molecule has 110 valence electrons. The summed E-state index contributed by atoms with van der Waals surface area (Å²) in [6.07, 6.45) is 3.34. The number of rotatable bonds is 5. The first-order valence-corrected chi connectivity index (χ1v) is 7.80. The van der Waals surface area contributed by atoms with E-state index in [4.69, 9.17) is 11.6 Å². The van der Waals surface area contributed by atoms with Crippen LogP contribution in [0.25, 0.3) is 0 Å². The number of halogens is 1. The summed E-state index contributed by atoms with van der Waals surface area (Å²) < 4.78 is 0. The van der Waals surface area contributed by atoms with Crippen molar-refractivity contribution in [3.05, 3.63) is 57.6 Å². The quantitative estimate of drug-likeness (QED) is 0.917. The van der Waals surface area contributed by atoms with Gasteiger partial charge in [-0.05, 0) is 44.4 Å². The Morgan fingerprint density at radius 3 is 2.29 bits per heavy atom. The molecule has 2 aromatic rings. The molecule has 0 unspecified atom stereocenters. The van der Waals surface area contributed by atoms with E-state index in [1.54, 1.807) is 0 Å². The monoisotopic (exact) mass is 301 g/mol. The average Bonchev–Trinajstić information content (AvgIpc) is 3.25. The van der Waals surface area contributed by atoms with E-state index in [1.165, 1.54) is 24.0 Å². The molecule has 1 heterocycles. The van der Waals surface area contributed by atoms with Crippen LogP contribution in [0.1, 0.15) is 41.2 Å². The number of nitrogens with one attached hydrogen (secondary N) is 1. The Bertz CT molecular complexity index is 610. The van der Waals surface area contributed by atoms with Crippen molar-refractivity contribution >= 4 is 11.6 Å². The summed E-state index contributed by atoms with van der Waals surface area (Å²) in [5.74, 6) is 0.877. The maximum absolute atomic E-state index is 5.91. The first-order valence-electron chi connectivity index (χ1n) is 7.42. The van der Waals surface area contributed by atoms with Gasteiger partial charge in [0, 0.05) is 41.0 Å². The smallest absolute Gasteiger partial charge is 0.133 e. The second-order valence-corrected chi connectivity index (χ2v) is 6.18. The Morgan fingerprint density at radius 1 is 1.10 bits per heavy atom. The molecule has 0 saturated heterocycles. The van der Waals surface area contributed by atoms with E-state index in [9.17, 15) is 0 Å². The molecule has 21 heavy (non-hydrogen) atoms. The minimum Gasteiger partial charge on any atom is -0.310 e. The lowest BCUT2D eigenvalue weighted by Gasteiger charge is -2.11. The van der Waals surface area contributed by atoms with Crippen LogP contribution in [0.15, 0.2) is 24.3 Å². The van der Waals surface area contributed by atoms with Gasteiger partial charge in [-0.2, -0.15) is 0 Å². The molecule has 3 rings (SSSR count). The van der Waals surface area contributed by atoms with Crippen molar-refractivity contribution in [1.29, 1.82) is 0 Å². The Kier molecular flexibility index (Phi) is 4.22. The molecule has 0 spiro atoms. The average molecular weight is 302 g/mol. The maximum Gasteiger partial charge on any atom is 0.133 e. The van der Waals surface area contributed by atoms with Crippen LogP contribution >= 0.6 is 11.6 Å². The van der Waals surface area contributed by atoms with E-state index in [0.717, 1.165) is 35.2 Å². The molecule has 4 heteroatoms. The number of hydrogen-bond donors (Lipinski definition) is 1. The zero-order chi connectivity index (χ0) is 14.8. The molecule has 1 N–H and O–H groups in total. The summed E-state index contributed by atoms with van der Waals surface area (Å²) in [5.41, 5.74) is 4.59. The lowest BCUT2D eigenvalue weighted by Crippen LogP contribution is -2.18. The van der Waals surface area contributed by atoms with Gasteiger partial charge in [-0.3, -0.25) is 0 Å². The van der Waals surface area contributed by atoms with Crippen molar-refractivity contribution in [2.75, 3.05) is 0 Å². The van der Waals surface area contributed by atoms with Crippen LogP contribution in [0.3, 0.4) is 0 Å². The van der Waals surface area contributed by atoms with Gasteiger partial charge in [0.25, 0.3) is 0 Å². The molecule has 1 fully saturated rings. The van der Waals surface area contributed by atoms with E-state index >= 15 is 0 Å². The summed E-state index contributed by atoms with van der Waals surface area (Å²) in [6.45, 7) is 5.03. The first kappa shape index (κ1) is 14.5. The molecular formula is C17H20ClN3. The van der Waals surface area contributed by atoms with Crippen molar-refractivity contribution in [3.63, 3.8) is 0 Å². The van der Waals surface area contributed by atoms with Gasteiger partial charge in [-0.1, -0.05) is 23.7 Å². The van der Waals surface area contributed by atoms with Crippen molar-refractivity contribution in [2.45, 2.75) is 45.7 Å². The fraction of sp³-hybridized carbons (Fsp3) is 0.412. The van der Waals surface area contributed by atoms with E-state index in [1.807, 2.05) is 24.3 Å². The van der Waals surface area contributed by atoms with Crippen molar-refractivity contribution < 1.29 is 0 Å². The minimum absolute atomic E-state index is 0.706. The van der Waals surface area contributed by atoms with Crippen LogP contribution in [-0.4, -0.2) is 16.0 Å². The molecule has 1 aromatic heterocycles. The van der Waals surface area contributed by atoms with Gasteiger partial charge >= 0.3 is 0 Å². The first-order chi connectivity index (χ1) is 10.1. The van der Waals surface area contributed by atoms with Gasteiger partial charge in [0.15, 0.2) is 0 Å². The summed E-state index contributed by atoms with van der Waals surface area (Å²) >= 11 is 5.91. The highest BCUT2D eigenvalue weighted by atomic mass is 35.5. The number of benzene rings is 1. The zero-order valence-corrected chi connectivity index (χ0v) is 13.2. The second kappa shape index (κ2) is 6.12. The van der Waals surface area contributed by atoms with E-state index in [-0.39, 0.29) is 0 Å². The number of aromatic nitrogens is 2. The Morgan fingerprint density at radius 2 is 1.71 bits per heavy atom. The molecular weight excluding hydrogens is 282 g/mol. The highest BCUT2D eigenvalue weighted by molar-refractivity contribution is 6.30. The van der Waals surface area contributed by atoms with Gasteiger partial charge in [0.1, 0.15) is 5.82 Å². The highest BCUT2D eigenvalue weighted by Crippen LogP contribution is 2.20. The number of aryl methyl sites for hydroxylation is 2. The van der Waals surface area contributed by atoms with E-state index in [0.29, 0.717) is 6.04 Å². The summed E-state index contributed by atoms with van der Waals surface area (Å²) in [5, 5.41) is 4.29. The Hall–Kier alpha value is -1.45. The van der Waals surface area contributed by atoms with Crippen LogP contribution in [0.4, 0.5) is 0 Å². The predicted molar refractivity (Wildman–Crippen MR) is 85.6 cm³/mol. The van der Waals surface area contributed by atoms with Crippen molar-refractivity contribution in [3.8, 4) is 0 Å². The number of nitrogens with zero attached hydrogens (tertiary/aromatic N) is 2. The van der Waals surface area contributed by atoms with Gasteiger partial charge in [0.2, 0.25) is 0 Å². The summed E-state index contributed by atoms with van der Waals surface area (Å²) in [7, 11) is 0. The maximum atomic E-state index is 5.91. The molecule has 1 aliphatic rings. The molecule has 1 saturated carbocycles. The molecule has 0 atom stereocenters.